The van der Waals surface area contributed by atoms with Crippen molar-refractivity contribution >= 4 is 28.9 Å². The van der Waals surface area contributed by atoms with Gasteiger partial charge in [0.15, 0.2) is 6.26 Å². The summed E-state index contributed by atoms with van der Waals surface area (Å²) in [4.78, 5) is 10.0. The Balaban J connectivity index is 2.89. The third-order valence-corrected chi connectivity index (χ3v) is 2.29. The zero-order valence-electron chi connectivity index (χ0n) is 6.97. The van der Waals surface area contributed by atoms with Crippen LogP contribution in [-0.4, -0.2) is 4.92 Å². The summed E-state index contributed by atoms with van der Waals surface area (Å²) in [7, 11) is 0. The second kappa shape index (κ2) is 3.19. The predicted molar refractivity (Wildman–Crippen MR) is 53.7 cm³/mol. The number of hydrogen-bond donors (Lipinski definition) is 0. The Labute approximate surface area is 83.9 Å². The van der Waals surface area contributed by atoms with Gasteiger partial charge in [-0.3, -0.25) is 10.1 Å². The average Bonchev–Trinajstić information content (AvgIpc) is 2.18. The Morgan fingerprint density at radius 3 is 2.79 bits per heavy atom. The van der Waals surface area contributed by atoms with Gasteiger partial charge in [-0.1, -0.05) is 24.4 Å². The highest BCUT2D eigenvalue weighted by Crippen LogP contribution is 2.23. The lowest BCUT2D eigenvalue weighted by atomic mass is 10.2. The Kier molecular flexibility index (Phi) is 2.01. The molecule has 70 valence electrons. The standard InChI is InChI=1S/C9H5NO3S/c11-10(12)7-5-13-8-4-2-1-3-6(8)9(7)14/h1-5H. The second-order valence-corrected chi connectivity index (χ2v) is 3.11. The van der Waals surface area contributed by atoms with Gasteiger partial charge in [-0.05, 0) is 12.1 Å². The molecule has 0 aliphatic rings. The third-order valence-electron chi connectivity index (χ3n) is 1.86. The molecule has 0 aliphatic heterocycles. The number of rotatable bonds is 1. The largest absolute Gasteiger partial charge is 0.457 e. The fourth-order valence-electron chi connectivity index (χ4n) is 1.19. The molecule has 2 aromatic rings. The highest BCUT2D eigenvalue weighted by Gasteiger charge is 2.12. The number of hydrogen-bond acceptors (Lipinski definition) is 4. The van der Waals surface area contributed by atoms with E-state index >= 15 is 0 Å². The van der Waals surface area contributed by atoms with Gasteiger partial charge in [-0.25, -0.2) is 0 Å². The molecule has 0 amide bonds. The van der Waals surface area contributed by atoms with E-state index in [2.05, 4.69) is 0 Å². The molecule has 0 saturated carbocycles. The highest BCUT2D eigenvalue weighted by atomic mass is 32.1. The maximum atomic E-state index is 10.5. The van der Waals surface area contributed by atoms with Crippen LogP contribution in [0.5, 0.6) is 0 Å². The molecule has 1 aromatic heterocycles. The van der Waals surface area contributed by atoms with Crippen molar-refractivity contribution in [3.63, 3.8) is 0 Å². The molecule has 0 radical (unpaired) electrons. The minimum Gasteiger partial charge on any atom is -0.457 e. The molecule has 0 spiro atoms. The maximum Gasteiger partial charge on any atom is 0.322 e. The smallest absolute Gasteiger partial charge is 0.322 e. The Morgan fingerprint density at radius 1 is 1.36 bits per heavy atom. The minimum absolute atomic E-state index is 0.168. The molecule has 0 unspecified atom stereocenters. The van der Waals surface area contributed by atoms with Gasteiger partial charge in [-0.2, -0.15) is 0 Å². The SMILES string of the molecule is O=[N+]([O-])c1coc2ccccc2c1=S. The first-order valence-electron chi connectivity index (χ1n) is 3.85. The molecule has 0 atom stereocenters. The van der Waals surface area contributed by atoms with Gasteiger partial charge in [-0.15, -0.1) is 0 Å². The van der Waals surface area contributed by atoms with E-state index in [0.29, 0.717) is 11.0 Å². The molecule has 2 rings (SSSR count). The summed E-state index contributed by atoms with van der Waals surface area (Å²) in [5.74, 6) is 0. The zero-order valence-corrected chi connectivity index (χ0v) is 7.78. The summed E-state index contributed by atoms with van der Waals surface area (Å²) in [6.07, 6.45) is 1.07. The van der Waals surface area contributed by atoms with Gasteiger partial charge >= 0.3 is 5.69 Å². The predicted octanol–water partition coefficient (Wildman–Crippen LogP) is 3.07. The van der Waals surface area contributed by atoms with Crippen LogP contribution in [0.3, 0.4) is 0 Å². The van der Waals surface area contributed by atoms with E-state index in [4.69, 9.17) is 16.6 Å². The highest BCUT2D eigenvalue weighted by molar-refractivity contribution is 7.71. The second-order valence-electron chi connectivity index (χ2n) is 2.70. The number of fused-ring (bicyclic) bond motifs is 1. The summed E-state index contributed by atoms with van der Waals surface area (Å²) >= 11 is 4.97. The van der Waals surface area contributed by atoms with E-state index in [0.717, 1.165) is 6.26 Å². The number of benzene rings is 1. The topological polar surface area (TPSA) is 56.3 Å². The average molecular weight is 207 g/mol. The van der Waals surface area contributed by atoms with Crippen molar-refractivity contribution in [1.82, 2.24) is 0 Å². The molecule has 5 heteroatoms. The summed E-state index contributed by atoms with van der Waals surface area (Å²) in [6.45, 7) is 0. The van der Waals surface area contributed by atoms with Crippen LogP contribution in [0.2, 0.25) is 0 Å². The summed E-state index contributed by atoms with van der Waals surface area (Å²) in [5, 5.41) is 11.1. The van der Waals surface area contributed by atoms with E-state index in [1.54, 1.807) is 24.3 Å². The molecule has 1 aromatic carbocycles. The Bertz CT molecular complexity index is 561. The summed E-state index contributed by atoms with van der Waals surface area (Å²) < 4.78 is 5.30. The molecule has 1 heterocycles. The van der Waals surface area contributed by atoms with Crippen LogP contribution in [0.15, 0.2) is 34.9 Å². The van der Waals surface area contributed by atoms with Crippen molar-refractivity contribution in [2.75, 3.05) is 0 Å². The van der Waals surface area contributed by atoms with Gasteiger partial charge in [0.1, 0.15) is 10.1 Å². The molecule has 4 nitrogen and oxygen atoms in total. The Hall–Kier alpha value is -1.75. The van der Waals surface area contributed by atoms with E-state index in [9.17, 15) is 10.1 Å². The van der Waals surface area contributed by atoms with Crippen LogP contribution in [-0.2, 0) is 0 Å². The molecule has 0 saturated heterocycles. The van der Waals surface area contributed by atoms with Crippen molar-refractivity contribution in [2.45, 2.75) is 0 Å². The normalized spacial score (nSPS) is 10.3. The summed E-state index contributed by atoms with van der Waals surface area (Å²) in [6, 6.07) is 6.97. The lowest BCUT2D eigenvalue weighted by Crippen LogP contribution is -1.88. The third kappa shape index (κ3) is 1.27. The van der Waals surface area contributed by atoms with Crippen molar-refractivity contribution in [3.05, 3.63) is 45.2 Å². The van der Waals surface area contributed by atoms with E-state index in [1.807, 2.05) is 0 Å². The van der Waals surface area contributed by atoms with E-state index in [1.165, 1.54) is 0 Å². The lowest BCUT2D eigenvalue weighted by Gasteiger charge is -1.96. The first-order valence-corrected chi connectivity index (χ1v) is 4.26. The number of nitrogens with zero attached hydrogens (tertiary/aromatic N) is 1. The van der Waals surface area contributed by atoms with Gasteiger partial charge in [0.25, 0.3) is 0 Å². The minimum atomic E-state index is -0.543. The lowest BCUT2D eigenvalue weighted by molar-refractivity contribution is -0.386. The van der Waals surface area contributed by atoms with E-state index < -0.39 is 4.92 Å². The molecule has 0 N–H and O–H groups in total. The van der Waals surface area contributed by atoms with Gasteiger partial charge in [0.2, 0.25) is 0 Å². The first-order chi connectivity index (χ1) is 6.70. The number of para-hydroxylation sites is 1. The Morgan fingerprint density at radius 2 is 2.07 bits per heavy atom. The first kappa shape index (κ1) is 8.83. The van der Waals surface area contributed by atoms with Crippen LogP contribution in [0.25, 0.3) is 11.0 Å². The fourth-order valence-corrected chi connectivity index (χ4v) is 1.49. The molecule has 0 fully saturated rings. The quantitative estimate of drug-likeness (QED) is 0.409. The number of nitro groups is 1. The van der Waals surface area contributed by atoms with Gasteiger partial charge in [0, 0.05) is 5.39 Å². The van der Waals surface area contributed by atoms with Crippen LogP contribution in [0.4, 0.5) is 5.69 Å². The maximum absolute atomic E-state index is 10.5. The zero-order chi connectivity index (χ0) is 10.1. The van der Waals surface area contributed by atoms with Gasteiger partial charge < -0.3 is 4.42 Å². The van der Waals surface area contributed by atoms with Crippen molar-refractivity contribution in [3.8, 4) is 0 Å². The van der Waals surface area contributed by atoms with Crippen LogP contribution >= 0.6 is 12.2 Å². The monoisotopic (exact) mass is 207 g/mol. The van der Waals surface area contributed by atoms with Crippen LogP contribution < -0.4 is 0 Å². The van der Waals surface area contributed by atoms with Crippen molar-refractivity contribution in [1.29, 1.82) is 0 Å². The fraction of sp³-hybridized carbons (Fsp3) is 0. The molecular weight excluding hydrogens is 202 g/mol. The molecule has 14 heavy (non-hydrogen) atoms. The van der Waals surface area contributed by atoms with E-state index in [-0.39, 0.29) is 10.2 Å². The van der Waals surface area contributed by atoms with Crippen LogP contribution in [0.1, 0.15) is 0 Å². The molecule has 0 aliphatic carbocycles. The van der Waals surface area contributed by atoms with Crippen LogP contribution in [0, 0.1) is 14.6 Å². The van der Waals surface area contributed by atoms with Gasteiger partial charge in [0.05, 0.1) is 4.92 Å². The van der Waals surface area contributed by atoms with Crippen molar-refractivity contribution < 1.29 is 9.34 Å². The molecular formula is C9H5NO3S. The van der Waals surface area contributed by atoms with Crippen molar-refractivity contribution in [2.24, 2.45) is 0 Å². The summed E-state index contributed by atoms with van der Waals surface area (Å²) in [5.41, 5.74) is 0.391. The molecule has 0 bridgehead atoms.